The van der Waals surface area contributed by atoms with E-state index in [1.54, 1.807) is 0 Å². The number of nitro groups is 1. The van der Waals surface area contributed by atoms with E-state index in [1.165, 1.54) is 57.8 Å². The van der Waals surface area contributed by atoms with Crippen molar-refractivity contribution in [2.75, 3.05) is 6.54 Å². The number of nitrogens with zero attached hydrogens (tertiary/aromatic N) is 1. The molecule has 0 aliphatic heterocycles. The summed E-state index contributed by atoms with van der Waals surface area (Å²) in [4.78, 5) is 20.7. The Hall–Kier alpha value is -0.970. The summed E-state index contributed by atoms with van der Waals surface area (Å²) < 4.78 is 0. The lowest BCUT2D eigenvalue weighted by Gasteiger charge is -2.02. The van der Waals surface area contributed by atoms with E-state index in [0.29, 0.717) is 6.42 Å². The van der Waals surface area contributed by atoms with Gasteiger partial charge in [-0.25, -0.2) is 0 Å². The fraction of sp³-hybridized carbons (Fsp3) is 0.938. The summed E-state index contributed by atoms with van der Waals surface area (Å²) in [5, 5.41) is 10.1. The maximum Gasteiger partial charge on any atom is 0.261 e. The van der Waals surface area contributed by atoms with Crippen LogP contribution in [0, 0.1) is 10.1 Å². The van der Waals surface area contributed by atoms with E-state index in [9.17, 15) is 14.9 Å². The number of carbonyl (C=O) groups excluding carboxylic acids is 1. The molecule has 0 saturated carbocycles. The highest BCUT2D eigenvalue weighted by Crippen LogP contribution is 2.12. The molecule has 0 fully saturated rings. The van der Waals surface area contributed by atoms with Crippen molar-refractivity contribution >= 4 is 5.78 Å². The van der Waals surface area contributed by atoms with Gasteiger partial charge in [-0.15, -0.1) is 0 Å². The molecule has 0 amide bonds. The number of unbranched alkanes of at least 4 members (excludes halogenated alkanes) is 11. The zero-order valence-electron chi connectivity index (χ0n) is 14.1. The summed E-state index contributed by atoms with van der Waals surface area (Å²) in [5.41, 5.74) is 0. The van der Waals surface area contributed by atoms with Crippen molar-refractivity contribution in [3.8, 4) is 0 Å². The Morgan fingerprint density at radius 2 is 1.19 bits per heavy atom. The molecule has 5 nitrogen and oxygen atoms in total. The number of hydrogen-bond donors (Lipinski definition) is 1. The van der Waals surface area contributed by atoms with Gasteiger partial charge in [0.25, 0.3) is 6.54 Å². The third-order valence-electron chi connectivity index (χ3n) is 3.61. The van der Waals surface area contributed by atoms with Gasteiger partial charge in [-0.05, 0) is 6.42 Å². The van der Waals surface area contributed by atoms with Gasteiger partial charge < -0.3 is 6.15 Å². The van der Waals surface area contributed by atoms with E-state index < -0.39 is 11.5 Å². The molecule has 0 unspecified atom stereocenters. The third kappa shape index (κ3) is 19.0. The normalized spacial score (nSPS) is 10.1. The van der Waals surface area contributed by atoms with Gasteiger partial charge in [0, 0.05) is 11.3 Å². The molecular weight excluding hydrogens is 268 g/mol. The van der Waals surface area contributed by atoms with Crippen LogP contribution in [0.2, 0.25) is 0 Å². The van der Waals surface area contributed by atoms with E-state index >= 15 is 0 Å². The molecule has 0 rings (SSSR count). The predicted molar refractivity (Wildman–Crippen MR) is 88.5 cm³/mol. The van der Waals surface area contributed by atoms with Gasteiger partial charge in [0.2, 0.25) is 5.78 Å². The molecule has 126 valence electrons. The molecule has 5 heteroatoms. The standard InChI is InChI=1S/C16H31NO3.H3N/c1-2-3-4-5-6-7-8-9-10-11-12-13-14-16(18)15-17(19)20;/h2-15H2,1H3;1H3/p+1. The summed E-state index contributed by atoms with van der Waals surface area (Å²) in [6.07, 6.45) is 15.4. The van der Waals surface area contributed by atoms with Crippen molar-refractivity contribution < 1.29 is 9.72 Å². The number of Topliss-reactive ketones (excluding diaryl/α,β-unsaturated/α-hetero) is 1. The molecule has 0 bridgehead atoms. The minimum atomic E-state index is -0.539. The minimum Gasteiger partial charge on any atom is -0.369 e. The average molecular weight is 303 g/mol. The zero-order valence-corrected chi connectivity index (χ0v) is 14.1. The molecule has 0 aliphatic carbocycles. The van der Waals surface area contributed by atoms with Crippen LogP contribution in [0.4, 0.5) is 0 Å². The van der Waals surface area contributed by atoms with Crippen molar-refractivity contribution in [3.05, 3.63) is 10.1 Å². The average Bonchev–Trinajstić information content (AvgIpc) is 2.39. The van der Waals surface area contributed by atoms with Gasteiger partial charge >= 0.3 is 0 Å². The second-order valence-corrected chi connectivity index (χ2v) is 5.67. The molecule has 0 aromatic carbocycles. The predicted octanol–water partition coefficient (Wildman–Crippen LogP) is 5.30. The van der Waals surface area contributed by atoms with Crippen LogP contribution >= 0.6 is 0 Å². The van der Waals surface area contributed by atoms with Crippen LogP contribution in [0.25, 0.3) is 0 Å². The van der Waals surface area contributed by atoms with Crippen molar-refractivity contribution in [2.45, 2.75) is 90.4 Å². The Kier molecular flexibility index (Phi) is 18.2. The van der Waals surface area contributed by atoms with Gasteiger partial charge in [-0.1, -0.05) is 77.6 Å². The number of quaternary nitrogens is 1. The summed E-state index contributed by atoms with van der Waals surface area (Å²) in [6, 6.07) is 0. The Morgan fingerprint density at radius 1 is 0.810 bits per heavy atom. The zero-order chi connectivity index (χ0) is 15.1. The summed E-state index contributed by atoms with van der Waals surface area (Å²) >= 11 is 0. The Bertz CT molecular complexity index is 258. The summed E-state index contributed by atoms with van der Waals surface area (Å²) in [5.74, 6) is -0.234. The maximum atomic E-state index is 11.1. The molecule has 0 aliphatic rings. The van der Waals surface area contributed by atoms with Crippen LogP contribution in [0.3, 0.4) is 0 Å². The first-order valence-corrected chi connectivity index (χ1v) is 8.30. The van der Waals surface area contributed by atoms with Crippen LogP contribution < -0.4 is 6.15 Å². The van der Waals surface area contributed by atoms with E-state index in [1.807, 2.05) is 0 Å². The fourth-order valence-electron chi connectivity index (χ4n) is 2.39. The number of hydrogen-bond acceptors (Lipinski definition) is 3. The number of ketones is 1. The minimum absolute atomic E-state index is 0. The lowest BCUT2D eigenvalue weighted by atomic mass is 10.0. The van der Waals surface area contributed by atoms with Crippen LogP contribution in [-0.4, -0.2) is 17.3 Å². The molecule has 0 spiro atoms. The Balaban J connectivity index is 0. The molecule has 0 heterocycles. The molecule has 21 heavy (non-hydrogen) atoms. The molecule has 4 N–H and O–H groups in total. The van der Waals surface area contributed by atoms with Gasteiger partial charge in [-0.2, -0.15) is 0 Å². The SMILES string of the molecule is CCCCCCCCCCCCCCC(=O)C[N+](=O)[O-].[NH4+]. The van der Waals surface area contributed by atoms with Crippen molar-refractivity contribution in [1.82, 2.24) is 6.15 Å². The van der Waals surface area contributed by atoms with Crippen molar-refractivity contribution in [1.29, 1.82) is 0 Å². The maximum absolute atomic E-state index is 11.1. The van der Waals surface area contributed by atoms with Crippen LogP contribution in [0.15, 0.2) is 0 Å². The second-order valence-electron chi connectivity index (χ2n) is 5.67. The first-order chi connectivity index (χ1) is 9.66. The van der Waals surface area contributed by atoms with Crippen LogP contribution in [0.1, 0.15) is 90.4 Å². The number of rotatable bonds is 15. The fourth-order valence-corrected chi connectivity index (χ4v) is 2.39. The van der Waals surface area contributed by atoms with Gasteiger partial charge in [0.1, 0.15) is 0 Å². The summed E-state index contributed by atoms with van der Waals surface area (Å²) in [6.45, 7) is 1.74. The number of carbonyl (C=O) groups is 1. The molecule has 0 aromatic heterocycles. The van der Waals surface area contributed by atoms with E-state index in [-0.39, 0.29) is 11.9 Å². The monoisotopic (exact) mass is 303 g/mol. The third-order valence-corrected chi connectivity index (χ3v) is 3.61. The quantitative estimate of drug-likeness (QED) is 0.252. The van der Waals surface area contributed by atoms with E-state index in [2.05, 4.69) is 6.92 Å². The first kappa shape index (κ1) is 22.3. The van der Waals surface area contributed by atoms with Crippen molar-refractivity contribution in [2.24, 2.45) is 0 Å². The smallest absolute Gasteiger partial charge is 0.261 e. The van der Waals surface area contributed by atoms with E-state index in [0.717, 1.165) is 19.3 Å². The highest BCUT2D eigenvalue weighted by Gasteiger charge is 2.08. The molecule has 0 saturated heterocycles. The van der Waals surface area contributed by atoms with Gasteiger partial charge in [0.15, 0.2) is 0 Å². The van der Waals surface area contributed by atoms with Crippen molar-refractivity contribution in [3.63, 3.8) is 0 Å². The molecule has 0 aromatic rings. The molecule has 0 radical (unpaired) electrons. The largest absolute Gasteiger partial charge is 0.369 e. The van der Waals surface area contributed by atoms with E-state index in [4.69, 9.17) is 0 Å². The first-order valence-electron chi connectivity index (χ1n) is 8.30. The Morgan fingerprint density at radius 3 is 1.57 bits per heavy atom. The topological polar surface area (TPSA) is 96.7 Å². The second kappa shape index (κ2) is 17.1. The lowest BCUT2D eigenvalue weighted by molar-refractivity contribution is -0.467. The van der Waals surface area contributed by atoms with Gasteiger partial charge in [-0.3, -0.25) is 14.9 Å². The van der Waals surface area contributed by atoms with Gasteiger partial charge in [0.05, 0.1) is 0 Å². The highest BCUT2D eigenvalue weighted by atomic mass is 16.6. The van der Waals surface area contributed by atoms with Crippen LogP contribution in [0.5, 0.6) is 0 Å². The highest BCUT2D eigenvalue weighted by molar-refractivity contribution is 5.79. The van der Waals surface area contributed by atoms with Crippen LogP contribution in [-0.2, 0) is 4.79 Å². The Labute approximate surface area is 129 Å². The lowest BCUT2D eigenvalue weighted by Crippen LogP contribution is -2.12. The molecular formula is C16H35N2O3+. The summed E-state index contributed by atoms with van der Waals surface area (Å²) in [7, 11) is 0. The molecule has 0 atom stereocenters.